The molecule has 0 fully saturated rings. The van der Waals surface area contributed by atoms with Crippen molar-refractivity contribution in [2.45, 2.75) is 0 Å². The van der Waals surface area contributed by atoms with E-state index in [1.54, 1.807) is 0 Å². The fraction of sp³-hybridized carbons (Fsp3) is 0. The van der Waals surface area contributed by atoms with Crippen LogP contribution in [0.25, 0.3) is 0 Å². The van der Waals surface area contributed by atoms with E-state index in [-0.39, 0.29) is 6.26 Å². The summed E-state index contributed by atoms with van der Waals surface area (Å²) in [5.74, 6) is 0. The molecule has 8 heavy (non-hydrogen) atoms. The van der Waals surface area contributed by atoms with Gasteiger partial charge < -0.3 is 0 Å². The Hall–Kier alpha value is -0.250. The molecule has 2 N–H and O–H groups in total. The summed E-state index contributed by atoms with van der Waals surface area (Å²) in [7, 11) is -6.72. The monoisotopic (exact) mass is 146 g/mol. The van der Waals surface area contributed by atoms with Crippen molar-refractivity contribution >= 4 is 7.91 Å². The molecule has 0 unspecified atom stereocenters. The van der Waals surface area contributed by atoms with Gasteiger partial charge in [0.15, 0.2) is 0 Å². The van der Waals surface area contributed by atoms with Gasteiger partial charge in [0, 0.05) is 0 Å². The zero-order valence-corrected chi connectivity index (χ0v) is 4.68. The van der Waals surface area contributed by atoms with Gasteiger partial charge >= 0.3 is 43.5 Å². The van der Waals surface area contributed by atoms with Gasteiger partial charge in [-0.3, -0.25) is 0 Å². The van der Waals surface area contributed by atoms with Crippen molar-refractivity contribution in [2.75, 3.05) is 0 Å². The van der Waals surface area contributed by atoms with Gasteiger partial charge in [0.2, 0.25) is 0 Å². The zero-order chi connectivity index (χ0) is 6.86. The van der Waals surface area contributed by atoms with Crippen LogP contribution in [0.15, 0.2) is 12.8 Å². The predicted molar refractivity (Wildman–Crippen MR) is 24.9 cm³/mol. The van der Waals surface area contributed by atoms with Gasteiger partial charge in [0.1, 0.15) is 0 Å². The molecule has 0 saturated heterocycles. The number of hydrogen-bond donors (Lipinski definition) is 2. The topological polar surface area (TPSA) is 49.7 Å². The summed E-state index contributed by atoms with van der Waals surface area (Å²) >= 11 is 0. The quantitative estimate of drug-likeness (QED) is 0.454. The van der Waals surface area contributed by atoms with Gasteiger partial charge in [-0.25, -0.2) is 0 Å². The first-order valence-corrected chi connectivity index (χ1v) is 3.41. The maximum absolute atomic E-state index is 11.4. The van der Waals surface area contributed by atoms with E-state index < -0.39 is 7.91 Å². The van der Waals surface area contributed by atoms with E-state index in [0.29, 0.717) is 0 Å². The fourth-order valence-corrected chi connectivity index (χ4v) is 0.369. The van der Waals surface area contributed by atoms with E-state index in [2.05, 4.69) is 11.1 Å². The molecule has 0 aromatic heterocycles. The molecule has 50 valence electrons. The van der Waals surface area contributed by atoms with E-state index >= 15 is 0 Å². The summed E-state index contributed by atoms with van der Waals surface area (Å²) in [6.07, 6.45) is 0.276. The van der Waals surface area contributed by atoms with E-state index in [9.17, 15) is 8.39 Å². The van der Waals surface area contributed by atoms with E-state index in [1.807, 2.05) is 0 Å². The number of halogens is 2. The summed E-state index contributed by atoms with van der Waals surface area (Å²) in [6.45, 7) is 2.70. The molecule has 0 aliphatic carbocycles. The second-order valence-electron chi connectivity index (χ2n) is 1.03. The zero-order valence-electron chi connectivity index (χ0n) is 3.79. The molecule has 0 aliphatic heterocycles. The van der Waals surface area contributed by atoms with Crippen LogP contribution in [0.5, 0.6) is 0 Å². The Labute approximate surface area is 44.6 Å². The molecule has 0 heterocycles. The summed E-state index contributed by atoms with van der Waals surface area (Å²) in [5.41, 5.74) is 0. The minimum atomic E-state index is -6.72. The van der Waals surface area contributed by atoms with E-state index in [0.717, 1.165) is 0 Å². The van der Waals surface area contributed by atoms with Crippen LogP contribution in [-0.2, 0) is 4.52 Å². The molecular formula is C2H5F2O3P. The van der Waals surface area contributed by atoms with Crippen LogP contribution >= 0.6 is 7.91 Å². The standard InChI is InChI=1S/C2H5F2O3P/c1-2-7-8(3,4,5)6/h2,5-6H,1H2. The molecule has 0 radical (unpaired) electrons. The molecule has 0 atom stereocenters. The molecule has 3 nitrogen and oxygen atoms in total. The first kappa shape index (κ1) is 7.75. The number of rotatable bonds is 2. The number of hydrogen-bond acceptors (Lipinski definition) is 3. The Kier molecular flexibility index (Phi) is 1.57. The molecular weight excluding hydrogens is 141 g/mol. The third-order valence-corrected chi connectivity index (χ3v) is 0.745. The Morgan fingerprint density at radius 1 is 1.50 bits per heavy atom. The van der Waals surface area contributed by atoms with Gasteiger partial charge in [-0.2, -0.15) is 0 Å². The van der Waals surface area contributed by atoms with Crippen molar-refractivity contribution in [3.05, 3.63) is 12.8 Å². The third kappa shape index (κ3) is 5.75. The van der Waals surface area contributed by atoms with Crippen molar-refractivity contribution in [2.24, 2.45) is 0 Å². The van der Waals surface area contributed by atoms with Crippen LogP contribution in [0.3, 0.4) is 0 Å². The Morgan fingerprint density at radius 2 is 1.88 bits per heavy atom. The second kappa shape index (κ2) is 1.62. The SMILES string of the molecule is C=COP(O)(O)(F)F. The fourth-order valence-electron chi connectivity index (χ4n) is 0.123. The van der Waals surface area contributed by atoms with E-state index in [1.165, 1.54) is 0 Å². The average molecular weight is 146 g/mol. The van der Waals surface area contributed by atoms with Crippen molar-refractivity contribution in [3.63, 3.8) is 0 Å². The molecule has 0 saturated carbocycles. The molecule has 0 aromatic rings. The van der Waals surface area contributed by atoms with Gasteiger partial charge in [0.25, 0.3) is 0 Å². The predicted octanol–water partition coefficient (Wildman–Crippen LogP) is 1.20. The molecule has 6 heteroatoms. The minimum absolute atomic E-state index is 0.276. The van der Waals surface area contributed by atoms with Crippen molar-refractivity contribution < 1.29 is 22.7 Å². The summed E-state index contributed by atoms with van der Waals surface area (Å²) < 4.78 is 25.8. The molecule has 0 aromatic carbocycles. The van der Waals surface area contributed by atoms with Crippen molar-refractivity contribution in [1.29, 1.82) is 0 Å². The van der Waals surface area contributed by atoms with E-state index in [4.69, 9.17) is 9.79 Å². The second-order valence-corrected chi connectivity index (χ2v) is 2.75. The molecule has 0 bridgehead atoms. The Morgan fingerprint density at radius 3 is 1.88 bits per heavy atom. The first-order valence-electron chi connectivity index (χ1n) is 1.56. The molecule has 0 amide bonds. The van der Waals surface area contributed by atoms with Gasteiger partial charge in [-0.1, -0.05) is 0 Å². The summed E-state index contributed by atoms with van der Waals surface area (Å²) in [5, 5.41) is 0. The molecule has 0 aliphatic rings. The summed E-state index contributed by atoms with van der Waals surface area (Å²) in [4.78, 5) is 15.1. The third-order valence-electron chi connectivity index (χ3n) is 0.248. The van der Waals surface area contributed by atoms with Crippen LogP contribution < -0.4 is 0 Å². The van der Waals surface area contributed by atoms with Crippen LogP contribution in [0.4, 0.5) is 8.39 Å². The Balaban J connectivity index is 3.91. The van der Waals surface area contributed by atoms with Gasteiger partial charge in [-0.05, 0) is 0 Å². The van der Waals surface area contributed by atoms with Gasteiger partial charge in [-0.15, -0.1) is 0 Å². The van der Waals surface area contributed by atoms with Crippen LogP contribution in [-0.4, -0.2) is 9.79 Å². The van der Waals surface area contributed by atoms with Gasteiger partial charge in [0.05, 0.1) is 0 Å². The van der Waals surface area contributed by atoms with Crippen molar-refractivity contribution in [3.8, 4) is 0 Å². The van der Waals surface area contributed by atoms with Crippen LogP contribution in [0.1, 0.15) is 0 Å². The molecule has 0 rings (SSSR count). The Bertz CT molecular complexity index is 96.3. The van der Waals surface area contributed by atoms with Crippen molar-refractivity contribution in [1.82, 2.24) is 0 Å². The normalized spacial score (nSPS) is 16.2. The van der Waals surface area contributed by atoms with Crippen LogP contribution in [0, 0.1) is 0 Å². The average Bonchev–Trinajstić information content (AvgIpc) is 1.25. The first-order chi connectivity index (χ1) is 3.31. The maximum atomic E-state index is 11.4. The van der Waals surface area contributed by atoms with Crippen LogP contribution in [0.2, 0.25) is 0 Å². The molecule has 0 spiro atoms. The summed E-state index contributed by atoms with van der Waals surface area (Å²) in [6, 6.07) is 0.